The highest BCUT2D eigenvalue weighted by Crippen LogP contribution is 2.37. The van der Waals surface area contributed by atoms with Crippen molar-refractivity contribution >= 4 is 33.3 Å². The van der Waals surface area contributed by atoms with Crippen LogP contribution in [-0.2, 0) is 6.54 Å². The van der Waals surface area contributed by atoms with Gasteiger partial charge in [0.15, 0.2) is 6.54 Å². The Morgan fingerprint density at radius 1 is 1.35 bits per heavy atom. The van der Waals surface area contributed by atoms with E-state index in [-0.39, 0.29) is 12.4 Å². The van der Waals surface area contributed by atoms with E-state index in [0.29, 0.717) is 0 Å². The van der Waals surface area contributed by atoms with Crippen LogP contribution in [-0.4, -0.2) is 5.25 Å². The predicted molar refractivity (Wildman–Crippen MR) is 71.2 cm³/mol. The minimum atomic E-state index is 0. The van der Waals surface area contributed by atoms with E-state index >= 15 is 0 Å². The summed E-state index contributed by atoms with van der Waals surface area (Å²) >= 11 is 4.03. The minimum Gasteiger partial charge on any atom is -1.00 e. The molecule has 2 heterocycles. The quantitative estimate of drug-likeness (QED) is 0.757. The van der Waals surface area contributed by atoms with Gasteiger partial charge in [0.1, 0.15) is 4.70 Å². The Kier molecular flexibility index (Phi) is 4.34. The smallest absolute Gasteiger partial charge is 0.298 e. The van der Waals surface area contributed by atoms with Gasteiger partial charge in [0.25, 0.3) is 4.34 Å². The van der Waals surface area contributed by atoms with Gasteiger partial charge in [0.2, 0.25) is 5.52 Å². The highest BCUT2D eigenvalue weighted by molar-refractivity contribution is 8.01. The molecule has 92 valence electrons. The summed E-state index contributed by atoms with van der Waals surface area (Å²) in [5.74, 6) is 0. The molecule has 1 aromatic carbocycles. The van der Waals surface area contributed by atoms with E-state index in [0.717, 1.165) is 5.25 Å². The maximum Gasteiger partial charge on any atom is 0.298 e. The van der Waals surface area contributed by atoms with Crippen LogP contribution in [0.25, 0.3) is 10.2 Å². The molecule has 1 aromatic heterocycles. The largest absolute Gasteiger partial charge is 1.00 e. The number of unbranched alkanes of at least 4 members (excludes halogenated alkanes) is 1. The molecule has 0 saturated heterocycles. The van der Waals surface area contributed by atoms with Crippen molar-refractivity contribution in [2.75, 3.05) is 0 Å². The van der Waals surface area contributed by atoms with Crippen molar-refractivity contribution in [3.8, 4) is 0 Å². The Balaban J connectivity index is 0.00000108. The molecule has 1 unspecified atom stereocenters. The van der Waals surface area contributed by atoms with Gasteiger partial charge in [-0.15, -0.1) is 0 Å². The highest BCUT2D eigenvalue weighted by atomic mass is 35.5. The normalized spacial score (nSPS) is 18.1. The molecule has 0 bridgehead atoms. The molecular formula is C13H16ClNS2. The lowest BCUT2D eigenvalue weighted by molar-refractivity contribution is -0.695. The van der Waals surface area contributed by atoms with E-state index in [2.05, 4.69) is 47.5 Å². The third-order valence-corrected chi connectivity index (χ3v) is 5.75. The molecule has 1 aliphatic heterocycles. The molecule has 3 rings (SSSR count). The zero-order valence-electron chi connectivity index (χ0n) is 9.86. The summed E-state index contributed by atoms with van der Waals surface area (Å²) in [4.78, 5) is 0. The number of hydrogen-bond donors (Lipinski definition) is 0. The van der Waals surface area contributed by atoms with E-state index in [1.807, 2.05) is 11.3 Å². The summed E-state index contributed by atoms with van der Waals surface area (Å²) in [6.45, 7) is 3.49. The van der Waals surface area contributed by atoms with Crippen LogP contribution in [0, 0.1) is 0 Å². The Labute approximate surface area is 117 Å². The first-order valence-electron chi connectivity index (χ1n) is 5.96. The SMILES string of the molecule is CCCCC1C[n+]2c(sc3ccccc32)S1.[Cl-]. The monoisotopic (exact) mass is 285 g/mol. The van der Waals surface area contributed by atoms with Gasteiger partial charge in [-0.25, -0.2) is 0 Å². The van der Waals surface area contributed by atoms with Gasteiger partial charge in [0.05, 0.1) is 5.25 Å². The van der Waals surface area contributed by atoms with E-state index < -0.39 is 0 Å². The minimum absolute atomic E-state index is 0. The van der Waals surface area contributed by atoms with Crippen LogP contribution in [0.15, 0.2) is 28.6 Å². The molecule has 1 nitrogen and oxygen atoms in total. The lowest BCUT2D eigenvalue weighted by Gasteiger charge is -2.01. The molecule has 0 fully saturated rings. The fourth-order valence-electron chi connectivity index (χ4n) is 2.24. The number of para-hydroxylation sites is 1. The molecule has 4 heteroatoms. The van der Waals surface area contributed by atoms with Crippen LogP contribution in [0.3, 0.4) is 0 Å². The number of benzene rings is 1. The molecule has 0 N–H and O–H groups in total. The molecule has 1 atom stereocenters. The van der Waals surface area contributed by atoms with Gasteiger partial charge in [-0.2, -0.15) is 4.57 Å². The lowest BCUT2D eigenvalue weighted by Crippen LogP contribution is -3.00. The van der Waals surface area contributed by atoms with E-state index in [9.17, 15) is 0 Å². The lowest BCUT2D eigenvalue weighted by atomic mass is 10.2. The van der Waals surface area contributed by atoms with Crippen molar-refractivity contribution in [3.05, 3.63) is 24.3 Å². The second kappa shape index (κ2) is 5.59. The summed E-state index contributed by atoms with van der Waals surface area (Å²) in [6, 6.07) is 8.76. The van der Waals surface area contributed by atoms with Crippen molar-refractivity contribution in [2.24, 2.45) is 0 Å². The summed E-state index contributed by atoms with van der Waals surface area (Å²) in [5.41, 5.74) is 1.42. The van der Waals surface area contributed by atoms with E-state index in [1.165, 1.54) is 40.4 Å². The third-order valence-electron chi connectivity index (χ3n) is 3.11. The van der Waals surface area contributed by atoms with Crippen molar-refractivity contribution in [2.45, 2.75) is 42.3 Å². The molecule has 0 aliphatic carbocycles. The molecule has 0 amide bonds. The average Bonchev–Trinajstić information content (AvgIpc) is 2.83. The van der Waals surface area contributed by atoms with Gasteiger partial charge in [-0.05, 0) is 24.2 Å². The maximum atomic E-state index is 2.50. The van der Waals surface area contributed by atoms with Crippen molar-refractivity contribution < 1.29 is 17.0 Å². The second-order valence-corrected chi connectivity index (χ2v) is 6.91. The van der Waals surface area contributed by atoms with Gasteiger partial charge in [0, 0.05) is 6.07 Å². The van der Waals surface area contributed by atoms with Crippen LogP contribution < -0.4 is 17.0 Å². The fourth-order valence-corrected chi connectivity index (χ4v) is 5.10. The zero-order chi connectivity index (χ0) is 11.0. The predicted octanol–water partition coefficient (Wildman–Crippen LogP) is 0.857. The Bertz CT molecular complexity index is 509. The van der Waals surface area contributed by atoms with Gasteiger partial charge < -0.3 is 12.4 Å². The van der Waals surface area contributed by atoms with Crippen molar-refractivity contribution in [1.82, 2.24) is 0 Å². The first-order chi connectivity index (χ1) is 7.88. The van der Waals surface area contributed by atoms with Crippen LogP contribution in [0.2, 0.25) is 0 Å². The zero-order valence-corrected chi connectivity index (χ0v) is 12.2. The number of fused-ring (bicyclic) bond motifs is 3. The number of rotatable bonds is 3. The number of aromatic nitrogens is 1. The number of nitrogens with zero attached hydrogens (tertiary/aromatic N) is 1. The summed E-state index contributed by atoms with van der Waals surface area (Å²) < 4.78 is 5.44. The van der Waals surface area contributed by atoms with Gasteiger partial charge >= 0.3 is 0 Å². The van der Waals surface area contributed by atoms with Crippen LogP contribution in [0.5, 0.6) is 0 Å². The maximum absolute atomic E-state index is 2.50. The van der Waals surface area contributed by atoms with Crippen molar-refractivity contribution in [1.29, 1.82) is 0 Å². The number of hydrogen-bond acceptors (Lipinski definition) is 2. The highest BCUT2D eigenvalue weighted by Gasteiger charge is 2.33. The van der Waals surface area contributed by atoms with Gasteiger partial charge in [-0.3, -0.25) is 0 Å². The molecule has 0 saturated carbocycles. The average molecular weight is 286 g/mol. The molecule has 1 aliphatic rings. The van der Waals surface area contributed by atoms with E-state index in [4.69, 9.17) is 0 Å². The topological polar surface area (TPSA) is 3.88 Å². The summed E-state index contributed by atoms with van der Waals surface area (Å²) in [5, 5.41) is 0.816. The van der Waals surface area contributed by atoms with Crippen LogP contribution >= 0.6 is 23.1 Å². The second-order valence-electron chi connectivity index (χ2n) is 4.33. The van der Waals surface area contributed by atoms with Crippen LogP contribution in [0.4, 0.5) is 0 Å². The summed E-state index contributed by atoms with van der Waals surface area (Å²) in [6.07, 6.45) is 4.05. The molecule has 17 heavy (non-hydrogen) atoms. The summed E-state index contributed by atoms with van der Waals surface area (Å²) in [7, 11) is 0. The third kappa shape index (κ3) is 2.47. The number of halogens is 1. The Morgan fingerprint density at radius 3 is 3.00 bits per heavy atom. The Hall–Kier alpha value is -0.250. The first-order valence-corrected chi connectivity index (χ1v) is 7.66. The number of thiazole rings is 1. The fraction of sp³-hybridized carbons (Fsp3) is 0.462. The van der Waals surface area contributed by atoms with Gasteiger partial charge in [-0.1, -0.05) is 43.2 Å². The first kappa shape index (κ1) is 13.2. The number of thioether (sulfide) groups is 1. The Morgan fingerprint density at radius 2 is 2.18 bits per heavy atom. The molecule has 2 aromatic rings. The van der Waals surface area contributed by atoms with Crippen LogP contribution in [0.1, 0.15) is 26.2 Å². The molecular weight excluding hydrogens is 270 g/mol. The van der Waals surface area contributed by atoms with Crippen molar-refractivity contribution in [3.63, 3.8) is 0 Å². The molecule has 0 spiro atoms. The standard InChI is InChI=1S/C13H16NS2.ClH/c1-2-3-6-10-9-14-11-7-4-5-8-12(11)16-13(14)15-10;/h4-5,7-8,10H,2-3,6,9H2,1H3;1H/q+1;/p-1. The van der Waals surface area contributed by atoms with E-state index in [1.54, 1.807) is 0 Å². The molecule has 0 radical (unpaired) electrons.